The van der Waals surface area contributed by atoms with Crippen LogP contribution in [0.15, 0.2) is 24.4 Å². The molecule has 8 nitrogen and oxygen atoms in total. The Labute approximate surface area is 150 Å². The van der Waals surface area contributed by atoms with Gasteiger partial charge in [-0.1, -0.05) is 0 Å². The molecule has 1 unspecified atom stereocenters. The number of rotatable bonds is 5. The van der Waals surface area contributed by atoms with E-state index < -0.39 is 13.2 Å². The topological polar surface area (TPSA) is 115 Å². The number of hydrogen-bond donors (Lipinski definition) is 1. The van der Waals surface area contributed by atoms with Gasteiger partial charge in [0.15, 0.2) is 0 Å². The molecule has 1 aliphatic heterocycles. The first-order valence-corrected chi connectivity index (χ1v) is 8.06. The second-order valence-electron chi connectivity index (χ2n) is 5.66. The Balaban J connectivity index is 1.86. The van der Waals surface area contributed by atoms with Crippen molar-refractivity contribution in [3.05, 3.63) is 41.3 Å². The number of fused-ring (bicyclic) bond motifs is 1. The summed E-state index contributed by atoms with van der Waals surface area (Å²) in [6, 6.07) is 6.76. The lowest BCUT2D eigenvalue weighted by Gasteiger charge is -2.14. The summed E-state index contributed by atoms with van der Waals surface area (Å²) in [5, 5.41) is 19.0. The van der Waals surface area contributed by atoms with E-state index in [0.29, 0.717) is 11.2 Å². The summed E-state index contributed by atoms with van der Waals surface area (Å²) in [5.41, 5.74) is 2.08. The molecule has 0 bridgehead atoms. The number of aryl methyl sites for hydroxylation is 1. The minimum absolute atomic E-state index is 0.00162. The number of hydrogen-bond acceptors (Lipinski definition) is 8. The van der Waals surface area contributed by atoms with Crippen molar-refractivity contribution in [2.45, 2.75) is 26.4 Å². The zero-order valence-corrected chi connectivity index (χ0v) is 14.3. The average Bonchev–Trinajstić information content (AvgIpc) is 2.91. The van der Waals surface area contributed by atoms with Crippen LogP contribution in [-0.4, -0.2) is 34.7 Å². The Morgan fingerprint density at radius 2 is 2.31 bits per heavy atom. The van der Waals surface area contributed by atoms with E-state index in [1.165, 1.54) is 12.3 Å². The first-order valence-electron chi connectivity index (χ1n) is 8.06. The SMILES string of the molecule is CCOC(=O)CC1OB(O)c2cc(Oc3ccnc(C#N)n3)cc(C)c21. The third kappa shape index (κ3) is 3.66. The number of ether oxygens (including phenoxy) is 2. The van der Waals surface area contributed by atoms with Gasteiger partial charge in [-0.15, -0.1) is 0 Å². The second kappa shape index (κ2) is 7.51. The van der Waals surface area contributed by atoms with E-state index >= 15 is 0 Å². The van der Waals surface area contributed by atoms with Crippen molar-refractivity contribution in [3.8, 4) is 17.7 Å². The third-order valence-electron chi connectivity index (χ3n) is 3.88. The molecule has 0 aliphatic carbocycles. The maximum atomic E-state index is 11.7. The minimum atomic E-state index is -1.16. The van der Waals surface area contributed by atoms with Crippen LogP contribution < -0.4 is 10.2 Å². The maximum absolute atomic E-state index is 11.7. The maximum Gasteiger partial charge on any atom is 0.492 e. The fourth-order valence-electron chi connectivity index (χ4n) is 2.89. The summed E-state index contributed by atoms with van der Waals surface area (Å²) in [7, 11) is -1.16. The van der Waals surface area contributed by atoms with Crippen LogP contribution in [0.4, 0.5) is 0 Å². The first kappa shape index (κ1) is 17.9. The molecular formula is C17H16BN3O5. The highest BCUT2D eigenvalue weighted by Crippen LogP contribution is 2.33. The van der Waals surface area contributed by atoms with E-state index in [9.17, 15) is 9.82 Å². The van der Waals surface area contributed by atoms with Crippen LogP contribution in [0.1, 0.15) is 36.4 Å². The molecule has 0 saturated carbocycles. The van der Waals surface area contributed by atoms with Gasteiger partial charge in [-0.2, -0.15) is 10.2 Å². The summed E-state index contributed by atoms with van der Waals surface area (Å²) in [6.07, 6.45) is 0.877. The largest absolute Gasteiger partial charge is 0.492 e. The Morgan fingerprint density at radius 3 is 3.04 bits per heavy atom. The predicted octanol–water partition coefficient (Wildman–Crippen LogP) is 1.16. The Morgan fingerprint density at radius 1 is 1.50 bits per heavy atom. The minimum Gasteiger partial charge on any atom is -0.466 e. The van der Waals surface area contributed by atoms with Gasteiger partial charge in [-0.3, -0.25) is 4.79 Å². The molecule has 2 heterocycles. The molecule has 0 saturated heterocycles. The van der Waals surface area contributed by atoms with Gasteiger partial charge in [0.25, 0.3) is 0 Å². The molecule has 1 atom stereocenters. The van der Waals surface area contributed by atoms with Gasteiger partial charge in [0.2, 0.25) is 11.7 Å². The lowest BCUT2D eigenvalue weighted by molar-refractivity contribution is -0.145. The number of benzene rings is 1. The zero-order chi connectivity index (χ0) is 18.7. The van der Waals surface area contributed by atoms with Crippen LogP contribution in [-0.2, 0) is 14.2 Å². The summed E-state index contributed by atoms with van der Waals surface area (Å²) in [5.74, 6) is 0.260. The Kier molecular flexibility index (Phi) is 5.16. The van der Waals surface area contributed by atoms with E-state index in [4.69, 9.17) is 19.4 Å². The number of nitrogens with zero attached hydrogens (tertiary/aromatic N) is 3. The predicted molar refractivity (Wildman–Crippen MR) is 90.7 cm³/mol. The standard InChI is InChI=1S/C17H16BN3O5/c1-3-24-16(22)8-13-17-10(2)6-11(7-12(17)18(23)26-13)25-15-4-5-20-14(9-19)21-15/h4-7,13,23H,3,8H2,1-2H3. The van der Waals surface area contributed by atoms with Crippen LogP contribution >= 0.6 is 0 Å². The van der Waals surface area contributed by atoms with Gasteiger partial charge in [-0.05, 0) is 42.6 Å². The molecule has 1 aliphatic rings. The fraction of sp³-hybridized carbons (Fsp3) is 0.294. The van der Waals surface area contributed by atoms with Crippen LogP contribution in [0, 0.1) is 18.3 Å². The van der Waals surface area contributed by atoms with Crippen molar-refractivity contribution in [3.63, 3.8) is 0 Å². The monoisotopic (exact) mass is 353 g/mol. The van der Waals surface area contributed by atoms with Gasteiger partial charge < -0.3 is 19.2 Å². The molecule has 132 valence electrons. The number of aromatic nitrogens is 2. The first-order chi connectivity index (χ1) is 12.5. The number of esters is 1. The van der Waals surface area contributed by atoms with Crippen LogP contribution in [0.5, 0.6) is 11.6 Å². The van der Waals surface area contributed by atoms with Crippen molar-refractivity contribution in [2.75, 3.05) is 6.61 Å². The van der Waals surface area contributed by atoms with Crippen molar-refractivity contribution in [2.24, 2.45) is 0 Å². The number of carbonyl (C=O) groups is 1. The van der Waals surface area contributed by atoms with Crippen LogP contribution in [0.3, 0.4) is 0 Å². The lowest BCUT2D eigenvalue weighted by atomic mass is 9.77. The highest BCUT2D eigenvalue weighted by molar-refractivity contribution is 6.62. The molecule has 0 amide bonds. The van der Waals surface area contributed by atoms with Crippen LogP contribution in [0.25, 0.3) is 0 Å². The summed E-state index contributed by atoms with van der Waals surface area (Å²) >= 11 is 0. The van der Waals surface area contributed by atoms with E-state index in [1.54, 1.807) is 19.1 Å². The van der Waals surface area contributed by atoms with Gasteiger partial charge in [-0.25, -0.2) is 4.98 Å². The normalized spacial score (nSPS) is 15.3. The van der Waals surface area contributed by atoms with Gasteiger partial charge in [0, 0.05) is 12.3 Å². The van der Waals surface area contributed by atoms with Crippen molar-refractivity contribution < 1.29 is 23.9 Å². The quantitative estimate of drug-likeness (QED) is 0.629. The highest BCUT2D eigenvalue weighted by atomic mass is 16.5. The molecule has 3 rings (SSSR count). The molecule has 9 heteroatoms. The van der Waals surface area contributed by atoms with E-state index in [1.807, 2.05) is 13.0 Å². The average molecular weight is 353 g/mol. The highest BCUT2D eigenvalue weighted by Gasteiger charge is 2.38. The zero-order valence-electron chi connectivity index (χ0n) is 14.3. The molecule has 0 fully saturated rings. The summed E-state index contributed by atoms with van der Waals surface area (Å²) < 4.78 is 16.1. The molecular weight excluding hydrogens is 337 g/mol. The summed E-state index contributed by atoms with van der Waals surface area (Å²) in [4.78, 5) is 19.5. The number of nitriles is 1. The molecule has 0 spiro atoms. The lowest BCUT2D eigenvalue weighted by Crippen LogP contribution is -2.28. The van der Waals surface area contributed by atoms with E-state index in [0.717, 1.165) is 11.1 Å². The van der Waals surface area contributed by atoms with E-state index in [2.05, 4.69) is 9.97 Å². The smallest absolute Gasteiger partial charge is 0.466 e. The van der Waals surface area contributed by atoms with E-state index in [-0.39, 0.29) is 30.7 Å². The van der Waals surface area contributed by atoms with Crippen molar-refractivity contribution in [1.82, 2.24) is 9.97 Å². The van der Waals surface area contributed by atoms with Crippen molar-refractivity contribution >= 4 is 18.6 Å². The molecule has 2 aromatic rings. The fourth-order valence-corrected chi connectivity index (χ4v) is 2.89. The molecule has 26 heavy (non-hydrogen) atoms. The Hall–Kier alpha value is -2.96. The molecule has 1 aromatic carbocycles. The van der Waals surface area contributed by atoms with Crippen molar-refractivity contribution in [1.29, 1.82) is 5.26 Å². The number of carbonyl (C=O) groups excluding carboxylic acids is 1. The summed E-state index contributed by atoms with van der Waals surface area (Å²) in [6.45, 7) is 3.86. The van der Waals surface area contributed by atoms with Gasteiger partial charge >= 0.3 is 13.1 Å². The van der Waals surface area contributed by atoms with Gasteiger partial charge in [0.05, 0.1) is 19.1 Å². The Bertz CT molecular complexity index is 883. The molecule has 0 radical (unpaired) electrons. The second-order valence-corrected chi connectivity index (χ2v) is 5.66. The van der Waals surface area contributed by atoms with Crippen LogP contribution in [0.2, 0.25) is 0 Å². The third-order valence-corrected chi connectivity index (χ3v) is 3.88. The van der Waals surface area contributed by atoms with Gasteiger partial charge in [0.1, 0.15) is 11.8 Å². The molecule has 1 aromatic heterocycles. The molecule has 1 N–H and O–H groups in total.